The van der Waals surface area contributed by atoms with Gasteiger partial charge >= 0.3 is 5.97 Å². The number of benzene rings is 2. The maximum Gasteiger partial charge on any atom is 0.337 e. The second-order valence-electron chi connectivity index (χ2n) is 5.87. The zero-order valence-corrected chi connectivity index (χ0v) is 16.2. The lowest BCUT2D eigenvalue weighted by Crippen LogP contribution is -2.31. The Kier molecular flexibility index (Phi) is 6.39. The molecule has 1 atom stereocenters. The summed E-state index contributed by atoms with van der Waals surface area (Å²) in [5.74, 6) is -0.428. The Hall–Kier alpha value is -2.11. The molecule has 2 aromatic carbocycles. The Balaban J connectivity index is 2.12. The van der Waals surface area contributed by atoms with Gasteiger partial charge < -0.3 is 15.4 Å². The zero-order chi connectivity index (χ0) is 18.6. The summed E-state index contributed by atoms with van der Waals surface area (Å²) < 4.78 is 4.72. The van der Waals surface area contributed by atoms with Gasteiger partial charge in [0.25, 0.3) is 0 Å². The molecule has 25 heavy (non-hydrogen) atoms. The van der Waals surface area contributed by atoms with Crippen molar-refractivity contribution in [2.75, 3.05) is 12.4 Å². The van der Waals surface area contributed by atoms with Gasteiger partial charge in [-0.1, -0.05) is 35.4 Å². The molecule has 0 fully saturated rings. The first-order valence-electron chi connectivity index (χ1n) is 7.84. The van der Waals surface area contributed by atoms with E-state index in [4.69, 9.17) is 28.6 Å². The highest BCUT2D eigenvalue weighted by atomic mass is 35.5. The fourth-order valence-electron chi connectivity index (χ4n) is 2.53. The molecule has 0 aromatic heterocycles. The van der Waals surface area contributed by atoms with Crippen LogP contribution in [0.4, 0.5) is 5.69 Å². The largest absolute Gasteiger partial charge is 0.465 e. The maximum absolute atomic E-state index is 11.7. The van der Waals surface area contributed by atoms with Gasteiger partial charge in [-0.05, 0) is 62.3 Å². The number of halogens is 1. The van der Waals surface area contributed by atoms with E-state index in [2.05, 4.69) is 42.7 Å². The predicted molar refractivity (Wildman–Crippen MR) is 106 cm³/mol. The van der Waals surface area contributed by atoms with Crippen LogP contribution in [-0.2, 0) is 4.74 Å². The summed E-state index contributed by atoms with van der Waals surface area (Å²) in [7, 11) is 1.34. The fraction of sp³-hybridized carbons (Fsp3) is 0.263. The number of hydrogen-bond acceptors (Lipinski definition) is 3. The topological polar surface area (TPSA) is 50.4 Å². The van der Waals surface area contributed by atoms with Crippen molar-refractivity contribution in [1.29, 1.82) is 0 Å². The van der Waals surface area contributed by atoms with E-state index in [1.54, 1.807) is 18.2 Å². The molecule has 0 aliphatic heterocycles. The fourth-order valence-corrected chi connectivity index (χ4v) is 2.98. The second kappa shape index (κ2) is 8.32. The Bertz CT molecular complexity index is 808. The maximum atomic E-state index is 11.7. The lowest BCUT2D eigenvalue weighted by atomic mass is 10.0. The number of aryl methyl sites for hydroxylation is 2. The van der Waals surface area contributed by atoms with Crippen LogP contribution in [-0.4, -0.2) is 18.2 Å². The molecule has 0 heterocycles. The highest BCUT2D eigenvalue weighted by Gasteiger charge is 2.13. The highest BCUT2D eigenvalue weighted by molar-refractivity contribution is 7.80. The second-order valence-corrected chi connectivity index (χ2v) is 6.68. The molecule has 6 heteroatoms. The molecular weight excluding hydrogens is 356 g/mol. The number of carbonyl (C=O) groups is 1. The SMILES string of the molecule is COC(=O)c1ccc(Cl)c(NC(=S)N[C@@H](C)c2cc(C)ccc2C)c1. The number of rotatable bonds is 4. The first-order chi connectivity index (χ1) is 11.8. The van der Waals surface area contributed by atoms with Crippen LogP contribution >= 0.6 is 23.8 Å². The Morgan fingerprint density at radius 3 is 2.60 bits per heavy atom. The van der Waals surface area contributed by atoms with Crippen molar-refractivity contribution in [1.82, 2.24) is 5.32 Å². The van der Waals surface area contributed by atoms with Crippen LogP contribution in [0.25, 0.3) is 0 Å². The lowest BCUT2D eigenvalue weighted by molar-refractivity contribution is 0.0601. The summed E-state index contributed by atoms with van der Waals surface area (Å²) in [6.07, 6.45) is 0. The molecule has 2 aromatic rings. The van der Waals surface area contributed by atoms with Crippen LogP contribution in [0.3, 0.4) is 0 Å². The smallest absolute Gasteiger partial charge is 0.337 e. The Morgan fingerprint density at radius 2 is 1.92 bits per heavy atom. The molecule has 132 valence electrons. The first kappa shape index (κ1) is 19.2. The number of thiocarbonyl (C=S) groups is 1. The standard InChI is InChI=1S/C19H21ClN2O2S/c1-11-5-6-12(2)15(9-11)13(3)21-19(25)22-17-10-14(18(23)24-4)7-8-16(17)20/h5-10,13H,1-4H3,(H2,21,22,25)/t13-/m0/s1. The number of nitrogens with one attached hydrogen (secondary N) is 2. The van der Waals surface area contributed by atoms with E-state index in [9.17, 15) is 4.79 Å². The van der Waals surface area contributed by atoms with Gasteiger partial charge in [0.15, 0.2) is 5.11 Å². The van der Waals surface area contributed by atoms with Crippen LogP contribution in [0.5, 0.6) is 0 Å². The molecule has 0 radical (unpaired) electrons. The minimum absolute atomic E-state index is 0.0301. The van der Waals surface area contributed by atoms with Crippen LogP contribution in [0, 0.1) is 13.8 Å². The molecule has 0 spiro atoms. The molecule has 0 unspecified atom stereocenters. The van der Waals surface area contributed by atoms with Crippen LogP contribution in [0.15, 0.2) is 36.4 Å². The van der Waals surface area contributed by atoms with Gasteiger partial charge in [-0.2, -0.15) is 0 Å². The van der Waals surface area contributed by atoms with E-state index in [0.717, 1.165) is 0 Å². The Morgan fingerprint density at radius 1 is 1.20 bits per heavy atom. The van der Waals surface area contributed by atoms with Crippen molar-refractivity contribution < 1.29 is 9.53 Å². The van der Waals surface area contributed by atoms with E-state index in [-0.39, 0.29) is 6.04 Å². The molecule has 0 aliphatic rings. The number of anilines is 1. The summed E-state index contributed by atoms with van der Waals surface area (Å²) in [5.41, 5.74) is 4.52. The van der Waals surface area contributed by atoms with Crippen molar-refractivity contribution in [2.24, 2.45) is 0 Å². The molecule has 2 rings (SSSR count). The summed E-state index contributed by atoms with van der Waals surface area (Å²) in [4.78, 5) is 11.7. The lowest BCUT2D eigenvalue weighted by Gasteiger charge is -2.20. The molecular formula is C19H21ClN2O2S. The quantitative estimate of drug-likeness (QED) is 0.593. The molecule has 0 amide bonds. The van der Waals surface area contributed by atoms with Gasteiger partial charge in [0, 0.05) is 0 Å². The number of esters is 1. The third-order valence-electron chi connectivity index (χ3n) is 3.88. The van der Waals surface area contributed by atoms with E-state index in [0.29, 0.717) is 21.4 Å². The summed E-state index contributed by atoms with van der Waals surface area (Å²) >= 11 is 11.6. The molecule has 2 N–H and O–H groups in total. The zero-order valence-electron chi connectivity index (χ0n) is 14.6. The van der Waals surface area contributed by atoms with Crippen molar-refractivity contribution in [2.45, 2.75) is 26.8 Å². The highest BCUT2D eigenvalue weighted by Crippen LogP contribution is 2.24. The van der Waals surface area contributed by atoms with Crippen LogP contribution < -0.4 is 10.6 Å². The molecule has 0 bridgehead atoms. The van der Waals surface area contributed by atoms with Gasteiger partial charge in [0.05, 0.1) is 29.4 Å². The third kappa shape index (κ3) is 4.94. The van der Waals surface area contributed by atoms with Crippen LogP contribution in [0.1, 0.15) is 40.0 Å². The van der Waals surface area contributed by atoms with Gasteiger partial charge in [0.2, 0.25) is 0 Å². The average Bonchev–Trinajstić information content (AvgIpc) is 2.58. The molecule has 0 saturated carbocycles. The van der Waals surface area contributed by atoms with E-state index in [1.165, 1.54) is 23.8 Å². The molecule has 0 aliphatic carbocycles. The predicted octanol–water partition coefficient (Wildman–Crippen LogP) is 4.79. The van der Waals surface area contributed by atoms with Gasteiger partial charge in [-0.3, -0.25) is 0 Å². The average molecular weight is 377 g/mol. The van der Waals surface area contributed by atoms with Crippen molar-refractivity contribution in [3.05, 3.63) is 63.7 Å². The van der Waals surface area contributed by atoms with E-state index < -0.39 is 5.97 Å². The van der Waals surface area contributed by atoms with Gasteiger partial charge in [0.1, 0.15) is 0 Å². The number of carbonyl (C=O) groups excluding carboxylic acids is 1. The number of hydrogen-bond donors (Lipinski definition) is 2. The number of methoxy groups -OCH3 is 1. The monoisotopic (exact) mass is 376 g/mol. The first-order valence-corrected chi connectivity index (χ1v) is 8.63. The third-order valence-corrected chi connectivity index (χ3v) is 4.43. The summed E-state index contributed by atoms with van der Waals surface area (Å²) in [5, 5.41) is 7.19. The van der Waals surface area contributed by atoms with E-state index in [1.807, 2.05) is 6.92 Å². The van der Waals surface area contributed by atoms with Crippen molar-refractivity contribution in [3.8, 4) is 0 Å². The summed E-state index contributed by atoms with van der Waals surface area (Å²) in [6, 6.07) is 11.2. The van der Waals surface area contributed by atoms with Crippen molar-refractivity contribution >= 4 is 40.6 Å². The van der Waals surface area contributed by atoms with Gasteiger partial charge in [-0.25, -0.2) is 4.79 Å². The minimum atomic E-state index is -0.428. The normalized spacial score (nSPS) is 11.6. The number of ether oxygens (including phenoxy) is 1. The molecule has 4 nitrogen and oxygen atoms in total. The Labute approximate surface area is 158 Å². The van der Waals surface area contributed by atoms with Crippen LogP contribution in [0.2, 0.25) is 5.02 Å². The molecule has 0 saturated heterocycles. The van der Waals surface area contributed by atoms with Gasteiger partial charge in [-0.15, -0.1) is 0 Å². The van der Waals surface area contributed by atoms with Crippen molar-refractivity contribution in [3.63, 3.8) is 0 Å². The minimum Gasteiger partial charge on any atom is -0.465 e. The summed E-state index contributed by atoms with van der Waals surface area (Å²) in [6.45, 7) is 6.17. The van der Waals surface area contributed by atoms with E-state index >= 15 is 0 Å².